The Morgan fingerprint density at radius 1 is 1.57 bits per heavy atom. The van der Waals surface area contributed by atoms with Gasteiger partial charge in [-0.05, 0) is 25.5 Å². The zero-order chi connectivity index (χ0) is 9.97. The summed E-state index contributed by atoms with van der Waals surface area (Å²) in [5.41, 5.74) is 7.45. The topological polar surface area (TPSA) is 67.6 Å². The molecule has 0 saturated carbocycles. The molecular weight excluding hydrogens is 176 g/mol. The van der Waals surface area contributed by atoms with E-state index in [2.05, 4.69) is 15.0 Å². The maximum absolute atomic E-state index is 5.68. The van der Waals surface area contributed by atoms with E-state index in [1.807, 2.05) is 19.1 Å². The molecule has 0 spiro atoms. The molecule has 4 heteroatoms. The van der Waals surface area contributed by atoms with Crippen LogP contribution in [-0.2, 0) is 6.42 Å². The van der Waals surface area contributed by atoms with Gasteiger partial charge < -0.3 is 10.7 Å². The molecule has 0 bridgehead atoms. The van der Waals surface area contributed by atoms with E-state index in [4.69, 9.17) is 5.73 Å². The van der Waals surface area contributed by atoms with Gasteiger partial charge in [-0.1, -0.05) is 0 Å². The number of aryl methyl sites for hydroxylation is 1. The maximum atomic E-state index is 5.68. The van der Waals surface area contributed by atoms with Gasteiger partial charge >= 0.3 is 0 Å². The third-order valence-corrected chi connectivity index (χ3v) is 2.14. The van der Waals surface area contributed by atoms with E-state index in [1.54, 1.807) is 6.20 Å². The molecule has 2 aromatic heterocycles. The van der Waals surface area contributed by atoms with Crippen LogP contribution in [0.2, 0.25) is 0 Å². The second-order valence-corrected chi connectivity index (χ2v) is 3.57. The molecule has 0 aliphatic heterocycles. The summed E-state index contributed by atoms with van der Waals surface area (Å²) in [7, 11) is 0. The Bertz CT molecular complexity index is 386. The molecule has 2 rings (SSSR count). The predicted octanol–water partition coefficient (Wildman–Crippen LogP) is 1.24. The number of nitrogens with two attached hydrogens (primary N) is 1. The molecule has 2 heterocycles. The molecule has 1 unspecified atom stereocenters. The maximum Gasteiger partial charge on any atom is 0.177 e. The first-order valence-electron chi connectivity index (χ1n) is 4.81. The summed E-state index contributed by atoms with van der Waals surface area (Å²) in [5.74, 6) is 0.969. The fourth-order valence-corrected chi connectivity index (χ4v) is 1.38. The van der Waals surface area contributed by atoms with Crippen LogP contribution < -0.4 is 5.73 Å². The highest BCUT2D eigenvalue weighted by Crippen LogP contribution is 2.08. The number of hydrogen-bond acceptors (Lipinski definition) is 3. The first kappa shape index (κ1) is 9.15. The van der Waals surface area contributed by atoms with Crippen LogP contribution in [-0.4, -0.2) is 21.0 Å². The standard InChI is InChI=1S/C10H14N4/c1-7(11)4-5-9-13-8-3-2-6-12-10(8)14-9/h2-3,6-7H,4-5,11H2,1H3,(H,12,13,14). The number of nitrogens with one attached hydrogen (secondary N) is 1. The average molecular weight is 190 g/mol. The second-order valence-electron chi connectivity index (χ2n) is 3.57. The molecule has 2 aromatic rings. The van der Waals surface area contributed by atoms with Gasteiger partial charge in [0.05, 0.1) is 5.52 Å². The van der Waals surface area contributed by atoms with E-state index in [-0.39, 0.29) is 6.04 Å². The lowest BCUT2D eigenvalue weighted by molar-refractivity contribution is 0.652. The first-order valence-corrected chi connectivity index (χ1v) is 4.81. The molecule has 4 nitrogen and oxygen atoms in total. The number of imidazole rings is 1. The molecule has 0 radical (unpaired) electrons. The summed E-state index contributed by atoms with van der Waals surface area (Å²) >= 11 is 0. The van der Waals surface area contributed by atoms with Crippen molar-refractivity contribution in [3.05, 3.63) is 24.2 Å². The minimum atomic E-state index is 0.219. The number of nitrogens with zero attached hydrogens (tertiary/aromatic N) is 2. The lowest BCUT2D eigenvalue weighted by Gasteiger charge is -2.00. The van der Waals surface area contributed by atoms with Gasteiger partial charge in [0.2, 0.25) is 0 Å². The lowest BCUT2D eigenvalue weighted by atomic mass is 10.2. The first-order chi connectivity index (χ1) is 6.75. The van der Waals surface area contributed by atoms with Crippen molar-refractivity contribution in [2.45, 2.75) is 25.8 Å². The molecule has 0 saturated heterocycles. The van der Waals surface area contributed by atoms with Crippen LogP contribution in [0.3, 0.4) is 0 Å². The van der Waals surface area contributed by atoms with Crippen molar-refractivity contribution in [2.75, 3.05) is 0 Å². The summed E-state index contributed by atoms with van der Waals surface area (Å²) in [4.78, 5) is 11.7. The minimum absolute atomic E-state index is 0.219. The number of hydrogen-bond donors (Lipinski definition) is 2. The molecule has 0 aromatic carbocycles. The molecular formula is C10H14N4. The van der Waals surface area contributed by atoms with Gasteiger partial charge in [0.25, 0.3) is 0 Å². The van der Waals surface area contributed by atoms with Crippen molar-refractivity contribution in [1.29, 1.82) is 0 Å². The Kier molecular flexibility index (Phi) is 2.45. The van der Waals surface area contributed by atoms with Gasteiger partial charge in [-0.15, -0.1) is 0 Å². The molecule has 1 atom stereocenters. The smallest absolute Gasteiger partial charge is 0.177 e. The van der Waals surface area contributed by atoms with Crippen LogP contribution in [0.4, 0.5) is 0 Å². The molecule has 0 aliphatic rings. The Morgan fingerprint density at radius 2 is 2.43 bits per heavy atom. The van der Waals surface area contributed by atoms with Gasteiger partial charge in [-0.2, -0.15) is 0 Å². The summed E-state index contributed by atoms with van der Waals surface area (Å²) in [5, 5.41) is 0. The SMILES string of the molecule is CC(N)CCc1nc2ncccc2[nH]1. The summed E-state index contributed by atoms with van der Waals surface area (Å²) in [6.07, 6.45) is 3.58. The van der Waals surface area contributed by atoms with Crippen molar-refractivity contribution in [3.63, 3.8) is 0 Å². The Hall–Kier alpha value is -1.42. The molecule has 14 heavy (non-hydrogen) atoms. The number of rotatable bonds is 3. The number of pyridine rings is 1. The van der Waals surface area contributed by atoms with Gasteiger partial charge in [-0.25, -0.2) is 9.97 Å². The molecule has 0 amide bonds. The highest BCUT2D eigenvalue weighted by atomic mass is 15.0. The number of aromatic amines is 1. The monoisotopic (exact) mass is 190 g/mol. The van der Waals surface area contributed by atoms with Crippen molar-refractivity contribution < 1.29 is 0 Å². The third kappa shape index (κ3) is 1.90. The van der Waals surface area contributed by atoms with Crippen molar-refractivity contribution in [3.8, 4) is 0 Å². The second kappa shape index (κ2) is 3.75. The zero-order valence-electron chi connectivity index (χ0n) is 8.20. The Morgan fingerprint density at radius 3 is 3.14 bits per heavy atom. The highest BCUT2D eigenvalue weighted by Gasteiger charge is 2.03. The largest absolute Gasteiger partial charge is 0.341 e. The molecule has 74 valence electrons. The fraction of sp³-hybridized carbons (Fsp3) is 0.400. The van der Waals surface area contributed by atoms with E-state index in [9.17, 15) is 0 Å². The van der Waals surface area contributed by atoms with E-state index in [0.717, 1.165) is 29.8 Å². The van der Waals surface area contributed by atoms with Crippen molar-refractivity contribution in [1.82, 2.24) is 15.0 Å². The van der Waals surface area contributed by atoms with Crippen molar-refractivity contribution in [2.24, 2.45) is 5.73 Å². The number of fused-ring (bicyclic) bond motifs is 1. The third-order valence-electron chi connectivity index (χ3n) is 2.14. The predicted molar refractivity (Wildman–Crippen MR) is 55.9 cm³/mol. The van der Waals surface area contributed by atoms with E-state index in [1.165, 1.54) is 0 Å². The summed E-state index contributed by atoms with van der Waals surface area (Å²) < 4.78 is 0. The lowest BCUT2D eigenvalue weighted by Crippen LogP contribution is -2.15. The van der Waals surface area contributed by atoms with Crippen LogP contribution in [0.25, 0.3) is 11.2 Å². The van der Waals surface area contributed by atoms with E-state index in [0.29, 0.717) is 0 Å². The van der Waals surface area contributed by atoms with Gasteiger partial charge in [0, 0.05) is 18.7 Å². The average Bonchev–Trinajstić information content (AvgIpc) is 2.57. The molecule has 0 aliphatic carbocycles. The van der Waals surface area contributed by atoms with Crippen LogP contribution in [0.15, 0.2) is 18.3 Å². The van der Waals surface area contributed by atoms with Crippen LogP contribution in [0, 0.1) is 0 Å². The van der Waals surface area contributed by atoms with Crippen LogP contribution in [0.5, 0.6) is 0 Å². The van der Waals surface area contributed by atoms with Gasteiger partial charge in [0.1, 0.15) is 5.82 Å². The van der Waals surface area contributed by atoms with E-state index < -0.39 is 0 Å². The summed E-state index contributed by atoms with van der Waals surface area (Å²) in [6, 6.07) is 4.09. The summed E-state index contributed by atoms with van der Waals surface area (Å²) in [6.45, 7) is 2.00. The Labute approximate surface area is 82.6 Å². The number of H-pyrrole nitrogens is 1. The fourth-order valence-electron chi connectivity index (χ4n) is 1.38. The quantitative estimate of drug-likeness (QED) is 0.765. The molecule has 0 fully saturated rings. The van der Waals surface area contributed by atoms with Gasteiger partial charge in [0.15, 0.2) is 5.65 Å². The van der Waals surface area contributed by atoms with Crippen LogP contribution in [0.1, 0.15) is 19.2 Å². The highest BCUT2D eigenvalue weighted by molar-refractivity contribution is 5.69. The molecule has 3 N–H and O–H groups in total. The van der Waals surface area contributed by atoms with Gasteiger partial charge in [-0.3, -0.25) is 0 Å². The van der Waals surface area contributed by atoms with Crippen molar-refractivity contribution >= 4 is 11.2 Å². The van der Waals surface area contributed by atoms with E-state index >= 15 is 0 Å². The van der Waals surface area contributed by atoms with Crippen LogP contribution >= 0.6 is 0 Å². The zero-order valence-corrected chi connectivity index (χ0v) is 8.20. The Balaban J connectivity index is 2.19. The normalized spacial score (nSPS) is 13.3. The number of aromatic nitrogens is 3. The minimum Gasteiger partial charge on any atom is -0.341 e.